The van der Waals surface area contributed by atoms with Gasteiger partial charge in [0.1, 0.15) is 0 Å². The van der Waals surface area contributed by atoms with Crippen molar-refractivity contribution in [2.45, 2.75) is 31.9 Å². The number of aromatic nitrogens is 2. The third-order valence-corrected chi connectivity index (χ3v) is 4.13. The van der Waals surface area contributed by atoms with E-state index >= 15 is 0 Å². The van der Waals surface area contributed by atoms with E-state index < -0.39 is 36.0 Å². The van der Waals surface area contributed by atoms with Crippen LogP contribution in [0.2, 0.25) is 0 Å². The van der Waals surface area contributed by atoms with Gasteiger partial charge in [0.05, 0.1) is 45.0 Å². The molecular weight excluding hydrogens is 394 g/mol. The number of esters is 3. The number of ether oxygens (including phenoxy) is 3. The van der Waals surface area contributed by atoms with Crippen molar-refractivity contribution in [3.63, 3.8) is 0 Å². The standard InChI is InChI=1S/C20H23N3O7/c1-13(24)30-19(14-7-5-4-6-8-14)20(27)22-15-11-21-23(12-15)16(9-17(25)28-2)10-18(26)29-3/h4-8,11-12,16,19H,9-10H2,1-3H3,(H,22,27)/t19-/m1/s1. The smallest absolute Gasteiger partial charge is 0.307 e. The highest BCUT2D eigenvalue weighted by Crippen LogP contribution is 2.22. The molecule has 0 unspecified atom stereocenters. The zero-order chi connectivity index (χ0) is 22.1. The van der Waals surface area contributed by atoms with Crippen molar-refractivity contribution < 1.29 is 33.4 Å². The number of hydrogen-bond acceptors (Lipinski definition) is 8. The van der Waals surface area contributed by atoms with Crippen LogP contribution in [0.3, 0.4) is 0 Å². The van der Waals surface area contributed by atoms with Crippen molar-refractivity contribution >= 4 is 29.5 Å². The molecule has 0 fully saturated rings. The number of methoxy groups -OCH3 is 2. The molecule has 2 aromatic rings. The summed E-state index contributed by atoms with van der Waals surface area (Å²) >= 11 is 0. The van der Waals surface area contributed by atoms with E-state index in [1.54, 1.807) is 30.3 Å². The first kappa shape index (κ1) is 22.6. The molecule has 10 nitrogen and oxygen atoms in total. The van der Waals surface area contributed by atoms with Gasteiger partial charge in [-0.25, -0.2) is 0 Å². The molecule has 1 atom stereocenters. The zero-order valence-electron chi connectivity index (χ0n) is 16.9. The summed E-state index contributed by atoms with van der Waals surface area (Å²) < 4.78 is 15.8. The fourth-order valence-corrected chi connectivity index (χ4v) is 2.69. The quantitative estimate of drug-likeness (QED) is 0.483. The van der Waals surface area contributed by atoms with Crippen molar-refractivity contribution in [1.82, 2.24) is 9.78 Å². The van der Waals surface area contributed by atoms with Crippen molar-refractivity contribution in [3.8, 4) is 0 Å². The van der Waals surface area contributed by atoms with Gasteiger partial charge in [0.2, 0.25) is 6.10 Å². The van der Waals surface area contributed by atoms with Gasteiger partial charge >= 0.3 is 17.9 Å². The van der Waals surface area contributed by atoms with E-state index in [4.69, 9.17) is 4.74 Å². The lowest BCUT2D eigenvalue weighted by atomic mass is 10.1. The summed E-state index contributed by atoms with van der Waals surface area (Å²) in [5.74, 6) is -2.23. The summed E-state index contributed by atoms with van der Waals surface area (Å²) in [7, 11) is 2.48. The zero-order valence-corrected chi connectivity index (χ0v) is 16.9. The van der Waals surface area contributed by atoms with Gasteiger partial charge in [-0.05, 0) is 0 Å². The Bertz CT molecular complexity index is 877. The van der Waals surface area contributed by atoms with Crippen LogP contribution in [0.5, 0.6) is 0 Å². The molecule has 10 heteroatoms. The van der Waals surface area contributed by atoms with Crippen LogP contribution < -0.4 is 5.32 Å². The highest BCUT2D eigenvalue weighted by Gasteiger charge is 2.25. The van der Waals surface area contributed by atoms with E-state index in [1.165, 1.54) is 38.2 Å². The Morgan fingerprint density at radius 1 is 1.03 bits per heavy atom. The third kappa shape index (κ3) is 6.43. The molecule has 1 N–H and O–H groups in total. The highest BCUT2D eigenvalue weighted by molar-refractivity contribution is 5.95. The summed E-state index contributed by atoms with van der Waals surface area (Å²) in [6, 6.07) is 7.90. The van der Waals surface area contributed by atoms with Crippen molar-refractivity contribution in [2.24, 2.45) is 0 Å². The fourth-order valence-electron chi connectivity index (χ4n) is 2.69. The van der Waals surface area contributed by atoms with Gasteiger partial charge in [-0.1, -0.05) is 30.3 Å². The Kier molecular flexibility index (Phi) is 8.09. The SMILES string of the molecule is COC(=O)CC(CC(=O)OC)n1cc(NC(=O)[C@H](OC(C)=O)c2ccccc2)cn1. The van der Waals surface area contributed by atoms with E-state index in [0.29, 0.717) is 11.3 Å². The van der Waals surface area contributed by atoms with Gasteiger partial charge in [0, 0.05) is 18.7 Å². The minimum Gasteiger partial charge on any atom is -0.469 e. The van der Waals surface area contributed by atoms with E-state index in [0.717, 1.165) is 0 Å². The van der Waals surface area contributed by atoms with Gasteiger partial charge < -0.3 is 19.5 Å². The molecule has 1 aromatic heterocycles. The van der Waals surface area contributed by atoms with E-state index in [2.05, 4.69) is 19.9 Å². The molecule has 1 heterocycles. The number of anilines is 1. The van der Waals surface area contributed by atoms with Crippen LogP contribution in [-0.2, 0) is 33.4 Å². The lowest BCUT2D eigenvalue weighted by Crippen LogP contribution is -2.25. The molecule has 0 aliphatic carbocycles. The summed E-state index contributed by atoms with van der Waals surface area (Å²) in [4.78, 5) is 47.5. The first-order valence-corrected chi connectivity index (χ1v) is 9.04. The van der Waals surface area contributed by atoms with E-state index in [9.17, 15) is 19.2 Å². The molecule has 0 radical (unpaired) electrons. The largest absolute Gasteiger partial charge is 0.469 e. The molecule has 0 bridgehead atoms. The number of carbonyl (C=O) groups is 4. The van der Waals surface area contributed by atoms with Crippen molar-refractivity contribution in [1.29, 1.82) is 0 Å². The summed E-state index contributed by atoms with van der Waals surface area (Å²) in [6.07, 6.45) is 1.45. The van der Waals surface area contributed by atoms with Crippen LogP contribution in [0.15, 0.2) is 42.7 Å². The molecule has 30 heavy (non-hydrogen) atoms. The second-order valence-corrected chi connectivity index (χ2v) is 6.31. The fraction of sp³-hybridized carbons (Fsp3) is 0.350. The van der Waals surface area contributed by atoms with Crippen LogP contribution in [0.25, 0.3) is 0 Å². The number of nitrogens with zero attached hydrogens (tertiary/aromatic N) is 2. The Hall–Kier alpha value is -3.69. The second kappa shape index (κ2) is 10.7. The minimum atomic E-state index is -1.15. The van der Waals surface area contributed by atoms with Gasteiger partial charge in [-0.15, -0.1) is 0 Å². The lowest BCUT2D eigenvalue weighted by Gasteiger charge is -2.17. The minimum absolute atomic E-state index is 0.110. The summed E-state index contributed by atoms with van der Waals surface area (Å²) in [5.41, 5.74) is 0.805. The Morgan fingerprint density at radius 2 is 1.63 bits per heavy atom. The van der Waals surface area contributed by atoms with Gasteiger partial charge in [0.25, 0.3) is 5.91 Å². The second-order valence-electron chi connectivity index (χ2n) is 6.31. The highest BCUT2D eigenvalue weighted by atomic mass is 16.5. The van der Waals surface area contributed by atoms with Crippen LogP contribution in [0.4, 0.5) is 5.69 Å². The maximum Gasteiger partial charge on any atom is 0.307 e. The molecule has 0 aliphatic heterocycles. The number of benzene rings is 1. The van der Waals surface area contributed by atoms with E-state index in [1.807, 2.05) is 0 Å². The average Bonchev–Trinajstić information content (AvgIpc) is 3.20. The topological polar surface area (TPSA) is 126 Å². The van der Waals surface area contributed by atoms with E-state index in [-0.39, 0.29) is 12.8 Å². The maximum absolute atomic E-state index is 12.7. The van der Waals surface area contributed by atoms with Crippen LogP contribution in [0, 0.1) is 0 Å². The van der Waals surface area contributed by atoms with Gasteiger partial charge in [-0.2, -0.15) is 5.10 Å². The third-order valence-electron chi connectivity index (χ3n) is 4.13. The van der Waals surface area contributed by atoms with Crippen LogP contribution in [0.1, 0.15) is 37.5 Å². The molecule has 2 rings (SSSR count). The van der Waals surface area contributed by atoms with Gasteiger partial charge in [-0.3, -0.25) is 23.9 Å². The normalized spacial score (nSPS) is 11.5. The maximum atomic E-state index is 12.7. The van der Waals surface area contributed by atoms with Crippen molar-refractivity contribution in [3.05, 3.63) is 48.3 Å². The number of rotatable bonds is 9. The Morgan fingerprint density at radius 3 is 2.17 bits per heavy atom. The Balaban J connectivity index is 2.18. The van der Waals surface area contributed by atoms with Crippen molar-refractivity contribution in [2.75, 3.05) is 19.5 Å². The number of nitrogens with one attached hydrogen (secondary N) is 1. The molecule has 0 saturated carbocycles. The Labute approximate surface area is 173 Å². The molecule has 1 amide bonds. The van der Waals surface area contributed by atoms with Crippen LogP contribution >= 0.6 is 0 Å². The monoisotopic (exact) mass is 417 g/mol. The number of hydrogen-bond donors (Lipinski definition) is 1. The molecule has 160 valence electrons. The molecule has 1 aromatic carbocycles. The number of amides is 1. The average molecular weight is 417 g/mol. The summed E-state index contributed by atoms with van der Waals surface area (Å²) in [6.45, 7) is 1.21. The first-order valence-electron chi connectivity index (χ1n) is 9.04. The van der Waals surface area contributed by atoms with Gasteiger partial charge in [0.15, 0.2) is 0 Å². The first-order chi connectivity index (χ1) is 14.3. The predicted octanol–water partition coefficient (Wildman–Crippen LogP) is 1.79. The molecule has 0 aliphatic rings. The lowest BCUT2D eigenvalue weighted by molar-refractivity contribution is -0.152. The summed E-state index contributed by atoms with van der Waals surface area (Å²) in [5, 5.41) is 6.74. The number of carbonyl (C=O) groups excluding carboxylic acids is 4. The molecule has 0 saturated heterocycles. The predicted molar refractivity (Wildman–Crippen MR) is 104 cm³/mol. The van der Waals surface area contributed by atoms with Crippen LogP contribution in [-0.4, -0.2) is 47.8 Å². The molecule has 0 spiro atoms. The molecular formula is C20H23N3O7.